The Balaban J connectivity index is 1.09. The lowest BCUT2D eigenvalue weighted by Gasteiger charge is -2.32. The Hall–Kier alpha value is -4.87. The number of aliphatic hydroxyl groups excluding tert-OH is 1. The van der Waals surface area contributed by atoms with Gasteiger partial charge in [-0.3, -0.25) is 38.8 Å². The van der Waals surface area contributed by atoms with Crippen LogP contribution in [-0.4, -0.2) is 162 Å². The van der Waals surface area contributed by atoms with Crippen LogP contribution in [0.4, 0.5) is 5.69 Å². The summed E-state index contributed by atoms with van der Waals surface area (Å²) >= 11 is 0. The van der Waals surface area contributed by atoms with Gasteiger partial charge in [0.2, 0.25) is 5.91 Å². The van der Waals surface area contributed by atoms with Crippen molar-refractivity contribution >= 4 is 40.5 Å². The molecule has 1 saturated heterocycles. The van der Waals surface area contributed by atoms with Crippen molar-refractivity contribution in [2.75, 3.05) is 103 Å². The first-order valence-electron chi connectivity index (χ1n) is 19.9. The molecule has 0 radical (unpaired) electrons. The summed E-state index contributed by atoms with van der Waals surface area (Å²) in [6.45, 7) is 4.40. The van der Waals surface area contributed by atoms with Gasteiger partial charge in [0.25, 0.3) is 0 Å². The fourth-order valence-corrected chi connectivity index (χ4v) is 7.73. The van der Waals surface area contributed by atoms with Crippen molar-refractivity contribution in [2.24, 2.45) is 0 Å². The van der Waals surface area contributed by atoms with E-state index in [-0.39, 0.29) is 32.1 Å². The SMILES string of the molecule is O=C(O)CN1CCN(CC(=O)O)CCN(CC(=O)NCCCCCCN2CCCc3c2ccc2c(C(O)c4ccccc4)cc(=O)oc32)CCN(CC(=O)O)CC1. The monoisotopic (exact) mass is 792 g/mol. The fraction of sp³-hybridized carbons (Fsp3) is 0.537. The molecular weight excluding hydrogens is 736 g/mol. The number of carbonyl (C=O) groups is 4. The van der Waals surface area contributed by atoms with Crippen molar-refractivity contribution < 1.29 is 44.0 Å². The average Bonchev–Trinajstić information content (AvgIpc) is 3.17. The number of hydrogen-bond acceptors (Lipinski definition) is 12. The number of hydrogen-bond donors (Lipinski definition) is 5. The number of aryl methyl sites for hydroxylation is 1. The summed E-state index contributed by atoms with van der Waals surface area (Å²) in [5.41, 5.74) is 3.34. The smallest absolute Gasteiger partial charge is 0.336 e. The van der Waals surface area contributed by atoms with Crippen molar-refractivity contribution in [3.05, 3.63) is 75.6 Å². The Kier molecular flexibility index (Phi) is 16.4. The van der Waals surface area contributed by atoms with Crippen LogP contribution in [-0.2, 0) is 25.6 Å². The van der Waals surface area contributed by atoms with Crippen LogP contribution >= 0.6 is 0 Å². The van der Waals surface area contributed by atoms with Gasteiger partial charge >= 0.3 is 23.5 Å². The van der Waals surface area contributed by atoms with E-state index in [0.29, 0.717) is 75.6 Å². The number of carboxylic acids is 3. The molecule has 1 aromatic heterocycles. The van der Waals surface area contributed by atoms with Crippen molar-refractivity contribution in [1.29, 1.82) is 0 Å². The summed E-state index contributed by atoms with van der Waals surface area (Å²) in [5.74, 6) is -3.17. The molecule has 0 aliphatic carbocycles. The summed E-state index contributed by atoms with van der Waals surface area (Å²) in [5, 5.41) is 43.2. The van der Waals surface area contributed by atoms with Crippen molar-refractivity contribution in [3.63, 3.8) is 0 Å². The number of anilines is 1. The maximum Gasteiger partial charge on any atom is 0.336 e. The third-order valence-electron chi connectivity index (χ3n) is 10.7. The third-order valence-corrected chi connectivity index (χ3v) is 10.7. The van der Waals surface area contributed by atoms with Crippen LogP contribution in [0.25, 0.3) is 11.0 Å². The predicted octanol–water partition coefficient (Wildman–Crippen LogP) is 1.78. The van der Waals surface area contributed by atoms with Crippen LogP contribution < -0.4 is 15.8 Å². The van der Waals surface area contributed by atoms with E-state index in [1.165, 1.54) is 6.07 Å². The van der Waals surface area contributed by atoms with Gasteiger partial charge in [-0.05, 0) is 43.4 Å². The van der Waals surface area contributed by atoms with E-state index in [9.17, 15) is 44.4 Å². The lowest BCUT2D eigenvalue weighted by atomic mass is 9.93. The molecule has 5 N–H and O–H groups in total. The topological polar surface area (TPSA) is 208 Å². The van der Waals surface area contributed by atoms with Crippen LogP contribution in [0.3, 0.4) is 0 Å². The van der Waals surface area contributed by atoms with Crippen molar-refractivity contribution in [3.8, 4) is 0 Å². The second-order valence-corrected chi connectivity index (χ2v) is 14.9. The Bertz CT molecular complexity index is 1840. The quantitative estimate of drug-likeness (QED) is 0.0976. The molecule has 1 fully saturated rings. The van der Waals surface area contributed by atoms with E-state index in [1.54, 1.807) is 14.7 Å². The van der Waals surface area contributed by atoms with E-state index >= 15 is 0 Å². The van der Waals surface area contributed by atoms with Gasteiger partial charge in [0.15, 0.2) is 0 Å². The normalized spacial score (nSPS) is 17.3. The maximum atomic E-state index is 13.0. The van der Waals surface area contributed by atoms with Crippen molar-refractivity contribution in [1.82, 2.24) is 24.9 Å². The molecule has 3 aromatic rings. The lowest BCUT2D eigenvalue weighted by Crippen LogP contribution is -2.49. The summed E-state index contributed by atoms with van der Waals surface area (Å²) < 4.78 is 5.76. The summed E-state index contributed by atoms with van der Waals surface area (Å²) in [4.78, 5) is 69.6. The zero-order chi connectivity index (χ0) is 40.7. The number of unbranched alkanes of at least 4 members (excludes halogenated alkanes) is 3. The molecule has 0 bridgehead atoms. The van der Waals surface area contributed by atoms with E-state index in [4.69, 9.17) is 4.42 Å². The molecule has 16 nitrogen and oxygen atoms in total. The van der Waals surface area contributed by atoms with E-state index < -0.39 is 29.6 Å². The fourth-order valence-electron chi connectivity index (χ4n) is 7.73. The second kappa shape index (κ2) is 21.6. The van der Waals surface area contributed by atoms with Gasteiger partial charge in [-0.25, -0.2) is 4.79 Å². The molecule has 0 spiro atoms. The molecular formula is C41H56N6O10. The number of rotatable bonds is 17. The van der Waals surface area contributed by atoms with Crippen LogP contribution in [0, 0.1) is 0 Å². The first-order chi connectivity index (χ1) is 27.5. The molecule has 16 heteroatoms. The largest absolute Gasteiger partial charge is 0.480 e. The highest BCUT2D eigenvalue weighted by Gasteiger charge is 2.25. The maximum absolute atomic E-state index is 13.0. The summed E-state index contributed by atoms with van der Waals surface area (Å²) in [6.07, 6.45) is 4.39. The second-order valence-electron chi connectivity index (χ2n) is 14.9. The highest BCUT2D eigenvalue weighted by Crippen LogP contribution is 2.36. The number of fused-ring (bicyclic) bond motifs is 3. The Morgan fingerprint density at radius 1 is 0.684 bits per heavy atom. The predicted molar refractivity (Wildman–Crippen MR) is 214 cm³/mol. The molecule has 0 saturated carbocycles. The molecule has 2 aliphatic heterocycles. The number of carboxylic acid groups (broad SMARTS) is 3. The molecule has 310 valence electrons. The Morgan fingerprint density at radius 2 is 1.23 bits per heavy atom. The standard InChI is InChI=1S/C41H56N6O10/c48-35(26-43-17-19-44(27-36(49)50)21-23-46(29-38(53)54)24-22-45(20-18-43)28-37(51)52)42-14-6-1-2-7-15-47-16-8-11-32-34(47)13-12-31-33(25-39(55)57-41(31)32)40(56)30-9-4-3-5-10-30/h3-5,9-10,12-13,25,40,56H,1-2,6-8,11,14-24,26-29H2,(H,42,48)(H,49,50)(H,51,52)(H,53,54). The van der Waals surface area contributed by atoms with Gasteiger partial charge in [0.1, 0.15) is 11.7 Å². The van der Waals surface area contributed by atoms with Crippen LogP contribution in [0.1, 0.15) is 54.9 Å². The Morgan fingerprint density at radius 3 is 1.79 bits per heavy atom. The van der Waals surface area contributed by atoms with Crippen LogP contribution in [0.15, 0.2) is 57.7 Å². The van der Waals surface area contributed by atoms with Gasteiger partial charge in [-0.2, -0.15) is 0 Å². The highest BCUT2D eigenvalue weighted by atomic mass is 16.4. The van der Waals surface area contributed by atoms with Gasteiger partial charge < -0.3 is 35.1 Å². The minimum Gasteiger partial charge on any atom is -0.480 e. The number of nitrogens with one attached hydrogen (secondary N) is 1. The average molecular weight is 793 g/mol. The first-order valence-corrected chi connectivity index (χ1v) is 19.9. The zero-order valence-electron chi connectivity index (χ0n) is 32.5. The molecule has 5 rings (SSSR count). The van der Waals surface area contributed by atoms with Gasteiger partial charge in [0, 0.05) is 100 Å². The molecule has 1 atom stereocenters. The Labute approximate surface area is 332 Å². The minimum atomic E-state index is -1.01. The van der Waals surface area contributed by atoms with Gasteiger partial charge in [0.05, 0.1) is 26.2 Å². The summed E-state index contributed by atoms with van der Waals surface area (Å²) in [7, 11) is 0. The molecule has 57 heavy (non-hydrogen) atoms. The number of amides is 1. The number of aliphatic hydroxyl groups is 1. The first kappa shape index (κ1) is 43.3. The molecule has 2 aromatic carbocycles. The van der Waals surface area contributed by atoms with Crippen molar-refractivity contribution in [2.45, 2.75) is 44.6 Å². The number of benzene rings is 2. The number of aliphatic carboxylic acids is 3. The molecule has 1 unspecified atom stereocenters. The minimum absolute atomic E-state index is 0.0862. The van der Waals surface area contributed by atoms with E-state index in [1.807, 2.05) is 41.3 Å². The van der Waals surface area contributed by atoms with Crippen LogP contribution in [0.5, 0.6) is 0 Å². The van der Waals surface area contributed by atoms with Gasteiger partial charge in [-0.1, -0.05) is 43.2 Å². The molecule has 3 heterocycles. The van der Waals surface area contributed by atoms with E-state index in [0.717, 1.165) is 68.3 Å². The highest BCUT2D eigenvalue weighted by molar-refractivity contribution is 5.89. The van der Waals surface area contributed by atoms with Crippen LogP contribution in [0.2, 0.25) is 0 Å². The van der Waals surface area contributed by atoms with Gasteiger partial charge in [-0.15, -0.1) is 0 Å². The zero-order valence-corrected chi connectivity index (χ0v) is 32.5. The third kappa shape index (κ3) is 13.4. The lowest BCUT2D eigenvalue weighted by molar-refractivity contribution is -0.140. The van der Waals surface area contributed by atoms with E-state index in [2.05, 4.69) is 16.3 Å². The number of nitrogens with zero attached hydrogens (tertiary/aromatic N) is 5. The number of carbonyl (C=O) groups excluding carboxylic acids is 1. The summed E-state index contributed by atoms with van der Waals surface area (Å²) in [6, 6.07) is 14.7. The molecule has 1 amide bonds. The molecule has 2 aliphatic rings.